The minimum atomic E-state index is 1.10. The minimum absolute atomic E-state index is 1.10. The SMILES string of the molecule is Cc1cc(C)cc(N(c2ccc3c(-c4ccc5ccccc5c4)c4cc(N(c5cc(C)cc(C)c5)c5cccc6ccccc56)ccc4c(-c4ccc5ccccc5c4)c3c2)c2cccc3ccccc23)c1. The van der Waals surface area contributed by atoms with Gasteiger partial charge in [0.1, 0.15) is 0 Å². The summed E-state index contributed by atoms with van der Waals surface area (Å²) in [4.78, 5) is 4.95. The van der Waals surface area contributed by atoms with Gasteiger partial charge in [-0.2, -0.15) is 0 Å². The van der Waals surface area contributed by atoms with Crippen molar-refractivity contribution in [3.05, 3.63) is 265 Å². The van der Waals surface area contributed by atoms with Crippen molar-refractivity contribution in [1.82, 2.24) is 0 Å². The molecule has 0 saturated carbocycles. The summed E-state index contributed by atoms with van der Waals surface area (Å²) < 4.78 is 0. The van der Waals surface area contributed by atoms with Crippen LogP contribution >= 0.6 is 0 Å². The standard InChI is InChI=1S/C70H52N2/c1-45-35-46(2)38-59(37-45)71(67-25-13-21-51-17-9-11-23-61(51)67)57-31-33-63-65(43-57)69(55-29-27-49-15-5-7-19-53(49)41-55)64-34-32-58(44-66(64)70(63)56-30-28-50-16-6-8-20-54(50)42-56)72(60-39-47(3)36-48(4)40-60)68-26-14-22-52-18-10-12-24-62(52)68/h5-44H,1-4H3. The minimum Gasteiger partial charge on any atom is -0.310 e. The second kappa shape index (κ2) is 17.5. The van der Waals surface area contributed by atoms with E-state index in [-0.39, 0.29) is 0 Å². The molecule has 0 spiro atoms. The first-order valence-electron chi connectivity index (χ1n) is 25.1. The highest BCUT2D eigenvalue weighted by Crippen LogP contribution is 2.50. The van der Waals surface area contributed by atoms with Crippen molar-refractivity contribution < 1.29 is 0 Å². The predicted octanol–water partition coefficient (Wildman–Crippen LogP) is 20.1. The monoisotopic (exact) mass is 920 g/mol. The number of rotatable bonds is 8. The third kappa shape index (κ3) is 7.52. The summed E-state index contributed by atoms with van der Waals surface area (Å²) in [6, 6.07) is 90.6. The van der Waals surface area contributed by atoms with Crippen LogP contribution < -0.4 is 9.80 Å². The molecule has 0 aliphatic rings. The molecule has 0 bridgehead atoms. The quantitative estimate of drug-likeness (QED) is 0.140. The van der Waals surface area contributed by atoms with Crippen LogP contribution in [0.3, 0.4) is 0 Å². The van der Waals surface area contributed by atoms with E-state index in [0.717, 1.165) is 34.1 Å². The zero-order valence-electron chi connectivity index (χ0n) is 41.0. The molecule has 0 fully saturated rings. The molecular formula is C70H52N2. The lowest BCUT2D eigenvalue weighted by molar-refractivity contribution is 1.27. The Morgan fingerprint density at radius 3 is 1.00 bits per heavy atom. The van der Waals surface area contributed by atoms with E-state index in [4.69, 9.17) is 0 Å². The van der Waals surface area contributed by atoms with Crippen molar-refractivity contribution in [2.75, 3.05) is 9.80 Å². The molecule has 342 valence electrons. The molecule has 13 rings (SSSR count). The van der Waals surface area contributed by atoms with E-state index < -0.39 is 0 Å². The lowest BCUT2D eigenvalue weighted by atomic mass is 9.84. The van der Waals surface area contributed by atoms with E-state index in [1.807, 2.05) is 0 Å². The highest BCUT2D eigenvalue weighted by molar-refractivity contribution is 6.23. The maximum absolute atomic E-state index is 2.47. The van der Waals surface area contributed by atoms with Crippen LogP contribution in [0.15, 0.2) is 243 Å². The first-order valence-corrected chi connectivity index (χ1v) is 25.1. The second-order valence-electron chi connectivity index (χ2n) is 19.7. The van der Waals surface area contributed by atoms with Crippen molar-refractivity contribution in [3.63, 3.8) is 0 Å². The summed E-state index contributed by atoms with van der Waals surface area (Å²) >= 11 is 0. The van der Waals surface area contributed by atoms with Crippen LogP contribution in [0.2, 0.25) is 0 Å². The van der Waals surface area contributed by atoms with Gasteiger partial charge in [-0.3, -0.25) is 0 Å². The van der Waals surface area contributed by atoms with Gasteiger partial charge < -0.3 is 9.80 Å². The first-order chi connectivity index (χ1) is 35.3. The van der Waals surface area contributed by atoms with E-state index in [1.165, 1.54) is 109 Å². The van der Waals surface area contributed by atoms with Gasteiger partial charge in [-0.1, -0.05) is 170 Å². The van der Waals surface area contributed by atoms with Gasteiger partial charge in [-0.05, 0) is 199 Å². The Morgan fingerprint density at radius 1 is 0.222 bits per heavy atom. The number of hydrogen-bond donors (Lipinski definition) is 0. The number of anilines is 6. The van der Waals surface area contributed by atoms with E-state index in [0.29, 0.717) is 0 Å². The zero-order chi connectivity index (χ0) is 48.5. The Labute approximate surface area is 421 Å². The molecule has 0 unspecified atom stereocenters. The lowest BCUT2D eigenvalue weighted by Gasteiger charge is -2.29. The van der Waals surface area contributed by atoms with Crippen LogP contribution in [0.4, 0.5) is 34.1 Å². The van der Waals surface area contributed by atoms with E-state index >= 15 is 0 Å². The maximum Gasteiger partial charge on any atom is 0.0540 e. The molecule has 0 heterocycles. The largest absolute Gasteiger partial charge is 0.310 e. The van der Waals surface area contributed by atoms with Gasteiger partial charge in [0.25, 0.3) is 0 Å². The molecule has 2 heteroatoms. The van der Waals surface area contributed by atoms with Crippen LogP contribution in [0.5, 0.6) is 0 Å². The molecule has 0 saturated heterocycles. The third-order valence-corrected chi connectivity index (χ3v) is 14.6. The van der Waals surface area contributed by atoms with Crippen LogP contribution in [0.25, 0.3) is 86.9 Å². The van der Waals surface area contributed by atoms with Crippen LogP contribution in [-0.4, -0.2) is 0 Å². The Hall–Kier alpha value is -8.98. The molecule has 2 nitrogen and oxygen atoms in total. The highest BCUT2D eigenvalue weighted by atomic mass is 15.1. The molecule has 72 heavy (non-hydrogen) atoms. The van der Waals surface area contributed by atoms with Crippen molar-refractivity contribution in [1.29, 1.82) is 0 Å². The topological polar surface area (TPSA) is 6.48 Å². The molecule has 0 atom stereocenters. The predicted molar refractivity (Wildman–Crippen MR) is 311 cm³/mol. The summed E-state index contributed by atoms with van der Waals surface area (Å²) in [5.74, 6) is 0. The van der Waals surface area contributed by atoms with E-state index in [1.54, 1.807) is 0 Å². The normalized spacial score (nSPS) is 11.6. The summed E-state index contributed by atoms with van der Waals surface area (Å²) in [7, 11) is 0. The first kappa shape index (κ1) is 43.1. The number of fused-ring (bicyclic) bond motifs is 6. The fourth-order valence-electron chi connectivity index (χ4n) is 11.6. The van der Waals surface area contributed by atoms with Gasteiger partial charge in [-0.15, -0.1) is 0 Å². The van der Waals surface area contributed by atoms with Crippen LogP contribution in [0.1, 0.15) is 22.3 Å². The number of hydrogen-bond acceptors (Lipinski definition) is 2. The van der Waals surface area contributed by atoms with Crippen molar-refractivity contribution in [2.24, 2.45) is 0 Å². The van der Waals surface area contributed by atoms with Crippen molar-refractivity contribution >= 4 is 98.8 Å². The van der Waals surface area contributed by atoms with E-state index in [2.05, 4.69) is 280 Å². The summed E-state index contributed by atoms with van der Waals surface area (Å²) in [5, 5.41) is 14.5. The Morgan fingerprint density at radius 2 is 0.583 bits per heavy atom. The molecule has 13 aromatic rings. The molecule has 0 amide bonds. The summed E-state index contributed by atoms with van der Waals surface area (Å²) in [5.41, 5.74) is 16.5. The molecule has 0 aliphatic carbocycles. The molecule has 0 N–H and O–H groups in total. The van der Waals surface area contributed by atoms with Gasteiger partial charge in [0, 0.05) is 33.5 Å². The Bertz CT molecular complexity index is 3970. The van der Waals surface area contributed by atoms with E-state index in [9.17, 15) is 0 Å². The van der Waals surface area contributed by atoms with Crippen LogP contribution in [-0.2, 0) is 0 Å². The average Bonchev–Trinajstić information content (AvgIpc) is 3.40. The Kier molecular flexibility index (Phi) is 10.4. The lowest BCUT2D eigenvalue weighted by Crippen LogP contribution is -2.11. The summed E-state index contributed by atoms with van der Waals surface area (Å²) in [6.45, 7) is 8.81. The van der Waals surface area contributed by atoms with Gasteiger partial charge >= 0.3 is 0 Å². The maximum atomic E-state index is 2.47. The smallest absolute Gasteiger partial charge is 0.0540 e. The summed E-state index contributed by atoms with van der Waals surface area (Å²) in [6.07, 6.45) is 0. The van der Waals surface area contributed by atoms with Gasteiger partial charge in [-0.25, -0.2) is 0 Å². The highest BCUT2D eigenvalue weighted by Gasteiger charge is 2.24. The molecular weight excluding hydrogens is 869 g/mol. The van der Waals surface area contributed by atoms with Gasteiger partial charge in [0.05, 0.1) is 11.4 Å². The fraction of sp³-hybridized carbons (Fsp3) is 0.0571. The fourth-order valence-corrected chi connectivity index (χ4v) is 11.6. The second-order valence-corrected chi connectivity index (χ2v) is 19.7. The van der Waals surface area contributed by atoms with Gasteiger partial charge in [0.2, 0.25) is 0 Å². The molecule has 0 aromatic heterocycles. The van der Waals surface area contributed by atoms with Crippen molar-refractivity contribution in [3.8, 4) is 22.3 Å². The molecule has 0 radical (unpaired) electrons. The number of nitrogens with zero attached hydrogens (tertiary/aromatic N) is 2. The Balaban J connectivity index is 1.17. The zero-order valence-corrected chi connectivity index (χ0v) is 41.0. The average molecular weight is 921 g/mol. The number of aryl methyl sites for hydroxylation is 4. The van der Waals surface area contributed by atoms with Crippen molar-refractivity contribution in [2.45, 2.75) is 27.7 Å². The van der Waals surface area contributed by atoms with Gasteiger partial charge in [0.15, 0.2) is 0 Å². The number of benzene rings is 13. The molecule has 13 aromatic carbocycles. The third-order valence-electron chi connectivity index (χ3n) is 14.6. The molecule has 0 aliphatic heterocycles. The van der Waals surface area contributed by atoms with Crippen LogP contribution in [0, 0.1) is 27.7 Å².